The average molecular weight is 403 g/mol. The number of nitrogens with zero attached hydrogens (tertiary/aromatic N) is 3. The molecule has 0 spiro atoms. The Morgan fingerprint density at radius 1 is 1.22 bits per heavy atom. The maximum absolute atomic E-state index is 12.9. The second kappa shape index (κ2) is 9.65. The summed E-state index contributed by atoms with van der Waals surface area (Å²) in [4.78, 5) is 9.66. The highest BCUT2D eigenvalue weighted by molar-refractivity contribution is 7.09. The molecular weight excluding hydrogens is 382 g/mol. The third kappa shape index (κ3) is 7.14. The summed E-state index contributed by atoms with van der Waals surface area (Å²) in [5, 5.41) is 7.36. The number of benzene rings is 1. The van der Waals surface area contributed by atoms with Gasteiger partial charge in [-0.25, -0.2) is 9.37 Å². The zero-order valence-corrected chi connectivity index (χ0v) is 15.8. The van der Waals surface area contributed by atoms with E-state index in [1.807, 2.05) is 7.05 Å². The number of nitrogens with one attached hydrogen (secondary N) is 2. The number of guanidine groups is 1. The molecule has 0 saturated heterocycles. The van der Waals surface area contributed by atoms with Gasteiger partial charge in [0.25, 0.3) is 0 Å². The lowest BCUT2D eigenvalue weighted by Gasteiger charge is -2.18. The molecule has 2 aromatic rings. The van der Waals surface area contributed by atoms with Crippen LogP contribution in [0.15, 0.2) is 34.6 Å². The predicted octanol–water partition coefficient (Wildman–Crippen LogP) is 3.10. The normalized spacial score (nSPS) is 12.5. The molecule has 0 radical (unpaired) electrons. The third-order valence-corrected chi connectivity index (χ3v) is 4.47. The number of hydrogen-bond acceptors (Lipinski definition) is 4. The number of aliphatic imine (C=N–C) groups is 1. The molecule has 0 aliphatic heterocycles. The van der Waals surface area contributed by atoms with Gasteiger partial charge in [-0.05, 0) is 24.7 Å². The lowest BCUT2D eigenvalue weighted by atomic mass is 10.2. The van der Waals surface area contributed by atoms with Gasteiger partial charge in [0.2, 0.25) is 0 Å². The van der Waals surface area contributed by atoms with E-state index in [2.05, 4.69) is 25.5 Å². The molecule has 27 heavy (non-hydrogen) atoms. The van der Waals surface area contributed by atoms with Crippen LogP contribution < -0.4 is 10.6 Å². The van der Waals surface area contributed by atoms with E-state index in [0.29, 0.717) is 30.6 Å². The Balaban J connectivity index is 1.72. The van der Waals surface area contributed by atoms with Crippen molar-refractivity contribution in [3.8, 4) is 0 Å². The number of alkyl halides is 3. The highest BCUT2D eigenvalue weighted by Crippen LogP contribution is 2.29. The van der Waals surface area contributed by atoms with Crippen LogP contribution >= 0.6 is 11.3 Å². The highest BCUT2D eigenvalue weighted by Gasteiger charge is 2.33. The quantitative estimate of drug-likeness (QED) is 0.424. The molecule has 0 atom stereocenters. The number of thiazole rings is 1. The SMILES string of the molecule is CN=C(NCCN(C)Cc1ccc(F)cc1)NCc1nc(C(F)(F)F)cs1. The van der Waals surface area contributed by atoms with Gasteiger partial charge >= 0.3 is 6.18 Å². The minimum Gasteiger partial charge on any atom is -0.355 e. The summed E-state index contributed by atoms with van der Waals surface area (Å²) in [6.45, 7) is 2.12. The van der Waals surface area contributed by atoms with Gasteiger partial charge in [-0.1, -0.05) is 12.1 Å². The molecule has 0 saturated carbocycles. The van der Waals surface area contributed by atoms with Crippen LogP contribution in [0.2, 0.25) is 0 Å². The molecule has 0 aliphatic rings. The van der Waals surface area contributed by atoms with E-state index in [9.17, 15) is 17.6 Å². The summed E-state index contributed by atoms with van der Waals surface area (Å²) in [6, 6.07) is 6.33. The zero-order chi connectivity index (χ0) is 19.9. The largest absolute Gasteiger partial charge is 0.434 e. The lowest BCUT2D eigenvalue weighted by molar-refractivity contribution is -0.140. The first-order valence-corrected chi connectivity index (χ1v) is 9.05. The summed E-state index contributed by atoms with van der Waals surface area (Å²) >= 11 is 0.949. The first-order chi connectivity index (χ1) is 12.8. The molecule has 0 unspecified atom stereocenters. The van der Waals surface area contributed by atoms with E-state index >= 15 is 0 Å². The van der Waals surface area contributed by atoms with Crippen LogP contribution in [-0.4, -0.2) is 43.0 Å². The minimum atomic E-state index is -4.43. The maximum atomic E-state index is 12.9. The summed E-state index contributed by atoms with van der Waals surface area (Å²) in [5.74, 6) is 0.217. The minimum absolute atomic E-state index is 0.159. The van der Waals surface area contributed by atoms with Crippen LogP contribution in [0.4, 0.5) is 17.6 Å². The first-order valence-electron chi connectivity index (χ1n) is 8.17. The molecule has 2 rings (SSSR count). The molecule has 1 aromatic heterocycles. The van der Waals surface area contributed by atoms with E-state index in [4.69, 9.17) is 0 Å². The average Bonchev–Trinajstić information content (AvgIpc) is 3.09. The van der Waals surface area contributed by atoms with Crippen LogP contribution in [0.25, 0.3) is 0 Å². The number of halogens is 4. The predicted molar refractivity (Wildman–Crippen MR) is 98.1 cm³/mol. The van der Waals surface area contributed by atoms with Gasteiger partial charge in [0, 0.05) is 32.1 Å². The molecule has 5 nitrogen and oxygen atoms in total. The second-order valence-corrected chi connectivity index (χ2v) is 6.78. The fourth-order valence-electron chi connectivity index (χ4n) is 2.25. The van der Waals surface area contributed by atoms with Crippen molar-refractivity contribution in [2.45, 2.75) is 19.3 Å². The van der Waals surface area contributed by atoms with Crippen molar-refractivity contribution in [1.29, 1.82) is 0 Å². The van der Waals surface area contributed by atoms with Gasteiger partial charge in [-0.2, -0.15) is 13.2 Å². The molecule has 0 fully saturated rings. The summed E-state index contributed by atoms with van der Waals surface area (Å²) < 4.78 is 50.6. The zero-order valence-electron chi connectivity index (χ0n) is 15.0. The highest BCUT2D eigenvalue weighted by atomic mass is 32.1. The van der Waals surface area contributed by atoms with Gasteiger partial charge in [0.15, 0.2) is 11.7 Å². The Morgan fingerprint density at radius 2 is 1.93 bits per heavy atom. The van der Waals surface area contributed by atoms with Crippen molar-refractivity contribution >= 4 is 17.3 Å². The number of likely N-dealkylation sites (N-methyl/N-ethyl adjacent to an activating group) is 1. The van der Waals surface area contributed by atoms with Crippen LogP contribution in [0.3, 0.4) is 0 Å². The third-order valence-electron chi connectivity index (χ3n) is 3.62. The van der Waals surface area contributed by atoms with Crippen molar-refractivity contribution < 1.29 is 17.6 Å². The molecule has 2 N–H and O–H groups in total. The Kier molecular flexibility index (Phi) is 7.55. The van der Waals surface area contributed by atoms with Crippen LogP contribution in [0, 0.1) is 5.82 Å². The topological polar surface area (TPSA) is 52.6 Å². The Labute approximate surface area is 159 Å². The molecule has 0 bridgehead atoms. The fourth-order valence-corrected chi connectivity index (χ4v) is 2.99. The lowest BCUT2D eigenvalue weighted by Crippen LogP contribution is -2.40. The van der Waals surface area contributed by atoms with E-state index < -0.39 is 11.9 Å². The van der Waals surface area contributed by atoms with Gasteiger partial charge in [-0.3, -0.25) is 4.99 Å². The number of aromatic nitrogens is 1. The number of hydrogen-bond donors (Lipinski definition) is 2. The van der Waals surface area contributed by atoms with E-state index in [0.717, 1.165) is 22.3 Å². The summed E-state index contributed by atoms with van der Waals surface area (Å²) in [7, 11) is 3.52. The van der Waals surface area contributed by atoms with E-state index in [1.54, 1.807) is 19.2 Å². The molecule has 10 heteroatoms. The second-order valence-electron chi connectivity index (χ2n) is 5.84. The van der Waals surface area contributed by atoms with Crippen LogP contribution in [-0.2, 0) is 19.3 Å². The van der Waals surface area contributed by atoms with Gasteiger partial charge in [0.1, 0.15) is 10.8 Å². The van der Waals surface area contributed by atoms with Gasteiger partial charge < -0.3 is 15.5 Å². The molecule has 1 heterocycles. The smallest absolute Gasteiger partial charge is 0.355 e. The molecule has 1 aromatic carbocycles. The van der Waals surface area contributed by atoms with Crippen molar-refractivity contribution in [2.75, 3.05) is 27.2 Å². The summed E-state index contributed by atoms with van der Waals surface area (Å²) in [5.41, 5.74) is 0.125. The van der Waals surface area contributed by atoms with Crippen molar-refractivity contribution in [3.05, 3.63) is 51.7 Å². The monoisotopic (exact) mass is 403 g/mol. The summed E-state index contributed by atoms with van der Waals surface area (Å²) in [6.07, 6.45) is -4.43. The van der Waals surface area contributed by atoms with Crippen molar-refractivity contribution in [2.24, 2.45) is 4.99 Å². The van der Waals surface area contributed by atoms with E-state index in [-0.39, 0.29) is 12.4 Å². The molecule has 0 amide bonds. The van der Waals surface area contributed by atoms with Gasteiger partial charge in [-0.15, -0.1) is 11.3 Å². The molecule has 0 aliphatic carbocycles. The molecular formula is C17H21F4N5S. The Morgan fingerprint density at radius 3 is 2.52 bits per heavy atom. The van der Waals surface area contributed by atoms with Crippen LogP contribution in [0.5, 0.6) is 0 Å². The Hall–Kier alpha value is -2.20. The standard InChI is InChI=1S/C17H21F4N5S/c1-22-16(24-9-15-25-14(11-27-15)17(19,20)21)23-7-8-26(2)10-12-3-5-13(18)6-4-12/h3-6,11H,7-10H2,1-2H3,(H2,22,23,24). The number of rotatable bonds is 7. The maximum Gasteiger partial charge on any atom is 0.434 e. The van der Waals surface area contributed by atoms with Gasteiger partial charge in [0.05, 0.1) is 6.54 Å². The van der Waals surface area contributed by atoms with Crippen molar-refractivity contribution in [3.63, 3.8) is 0 Å². The molecule has 148 valence electrons. The van der Waals surface area contributed by atoms with E-state index in [1.165, 1.54) is 12.1 Å². The van der Waals surface area contributed by atoms with Crippen molar-refractivity contribution in [1.82, 2.24) is 20.5 Å². The van der Waals surface area contributed by atoms with Crippen LogP contribution in [0.1, 0.15) is 16.3 Å². The Bertz CT molecular complexity index is 743. The fraction of sp³-hybridized carbons (Fsp3) is 0.412. The first kappa shape index (κ1) is 21.1.